The average molecular weight is 430 g/mol. The van der Waals surface area contributed by atoms with Crippen LogP contribution in [0.2, 0.25) is 0 Å². The molecule has 2 aromatic carbocycles. The largest absolute Gasteiger partial charge is 0.378 e. The molecule has 2 amide bonds. The highest BCUT2D eigenvalue weighted by Gasteiger charge is 2.29. The summed E-state index contributed by atoms with van der Waals surface area (Å²) in [6, 6.07) is 14.1. The quantitative estimate of drug-likeness (QED) is 0.596. The molecule has 1 aromatic heterocycles. The van der Waals surface area contributed by atoms with Gasteiger partial charge in [0.2, 0.25) is 5.91 Å². The zero-order valence-corrected chi connectivity index (χ0v) is 18.5. The molecule has 0 radical (unpaired) electrons. The molecule has 0 atom stereocenters. The number of fused-ring (bicyclic) bond motifs is 2. The normalized spacial score (nSPS) is 17.4. The van der Waals surface area contributed by atoms with Gasteiger partial charge in [-0.15, -0.1) is 0 Å². The maximum absolute atomic E-state index is 13.0. The molecular formula is C26H27N3O3. The van der Waals surface area contributed by atoms with E-state index in [2.05, 4.69) is 19.1 Å². The third-order valence-corrected chi connectivity index (χ3v) is 6.45. The Bertz CT molecular complexity index is 1230. The minimum absolute atomic E-state index is 0.0110. The number of hydrogen-bond acceptors (Lipinski definition) is 3. The smallest absolute Gasteiger partial charge is 0.258 e. The minimum atomic E-state index is -0.0110. The number of aryl methyl sites for hydroxylation is 1. The predicted molar refractivity (Wildman–Crippen MR) is 126 cm³/mol. The fourth-order valence-corrected chi connectivity index (χ4v) is 4.74. The van der Waals surface area contributed by atoms with Gasteiger partial charge in [-0.3, -0.25) is 9.59 Å². The first-order valence-electron chi connectivity index (χ1n) is 11.1. The summed E-state index contributed by atoms with van der Waals surface area (Å²) in [4.78, 5) is 29.6. The minimum Gasteiger partial charge on any atom is -0.378 e. The lowest BCUT2D eigenvalue weighted by molar-refractivity contribution is -0.135. The first-order valence-corrected chi connectivity index (χ1v) is 11.1. The Morgan fingerprint density at radius 2 is 1.88 bits per heavy atom. The number of nitrogens with zero attached hydrogens (tertiary/aromatic N) is 3. The van der Waals surface area contributed by atoms with Crippen LogP contribution >= 0.6 is 0 Å². The molecule has 164 valence electrons. The lowest BCUT2D eigenvalue weighted by Gasteiger charge is -2.27. The number of hydrogen-bond donors (Lipinski definition) is 0. The Morgan fingerprint density at radius 3 is 2.66 bits per heavy atom. The van der Waals surface area contributed by atoms with Crippen molar-refractivity contribution in [3.05, 3.63) is 65.4 Å². The Labute approximate surface area is 187 Å². The van der Waals surface area contributed by atoms with Gasteiger partial charge in [0.25, 0.3) is 5.91 Å². The number of rotatable bonds is 4. The molecule has 3 aromatic rings. The summed E-state index contributed by atoms with van der Waals surface area (Å²) in [6.07, 6.45) is 4.86. The van der Waals surface area contributed by atoms with Crippen LogP contribution in [0.3, 0.4) is 0 Å². The summed E-state index contributed by atoms with van der Waals surface area (Å²) in [5, 5.41) is 1.06. The standard InChI is InChI=1S/C26H27N3O3/c1-3-18-7-6-9-20-19(15-22-21-8-4-5-10-23(21)27(2)26(22)31)16-29(25(18)20)17-24(30)28-11-13-32-14-12-28/h4-10,15-16H,3,11-14,17H2,1-2H3/b22-15+. The Hall–Kier alpha value is -3.38. The molecule has 5 rings (SSSR count). The van der Waals surface area contributed by atoms with Crippen molar-refractivity contribution < 1.29 is 14.3 Å². The highest BCUT2D eigenvalue weighted by molar-refractivity contribution is 6.36. The zero-order valence-electron chi connectivity index (χ0n) is 18.5. The van der Waals surface area contributed by atoms with Crippen LogP contribution in [0.5, 0.6) is 0 Å². The summed E-state index contributed by atoms with van der Waals surface area (Å²) in [7, 11) is 1.81. The second-order valence-corrected chi connectivity index (χ2v) is 8.31. The van der Waals surface area contributed by atoms with E-state index in [1.807, 2.05) is 59.1 Å². The lowest BCUT2D eigenvalue weighted by Crippen LogP contribution is -2.42. The van der Waals surface area contributed by atoms with E-state index in [1.54, 1.807) is 4.90 Å². The van der Waals surface area contributed by atoms with Crippen LogP contribution in [0.1, 0.15) is 23.6 Å². The van der Waals surface area contributed by atoms with E-state index in [4.69, 9.17) is 4.74 Å². The molecule has 32 heavy (non-hydrogen) atoms. The van der Waals surface area contributed by atoms with E-state index in [1.165, 1.54) is 5.56 Å². The number of amides is 2. The van der Waals surface area contributed by atoms with Crippen LogP contribution in [-0.2, 0) is 27.3 Å². The van der Waals surface area contributed by atoms with Crippen LogP contribution in [0, 0.1) is 0 Å². The summed E-state index contributed by atoms with van der Waals surface area (Å²) in [5.41, 5.74) is 5.76. The van der Waals surface area contributed by atoms with Crippen molar-refractivity contribution in [3.63, 3.8) is 0 Å². The second kappa shape index (κ2) is 8.28. The molecule has 0 saturated carbocycles. The van der Waals surface area contributed by atoms with E-state index < -0.39 is 0 Å². The second-order valence-electron chi connectivity index (χ2n) is 8.31. The number of likely N-dealkylation sites (N-methyl/N-ethyl adjacent to an activating group) is 1. The van der Waals surface area contributed by atoms with Gasteiger partial charge in [0.1, 0.15) is 6.54 Å². The highest BCUT2D eigenvalue weighted by Crippen LogP contribution is 2.38. The SMILES string of the molecule is CCc1cccc2c(/C=C3/C(=O)N(C)c4ccccc43)cn(CC(=O)N3CCOCC3)c12. The molecule has 0 aliphatic carbocycles. The van der Waals surface area contributed by atoms with E-state index >= 15 is 0 Å². The number of carbonyl (C=O) groups is 2. The van der Waals surface area contributed by atoms with Crippen LogP contribution in [0.15, 0.2) is 48.7 Å². The molecule has 3 heterocycles. The highest BCUT2D eigenvalue weighted by atomic mass is 16.5. The predicted octanol–water partition coefficient (Wildman–Crippen LogP) is 3.58. The van der Waals surface area contributed by atoms with Crippen molar-refractivity contribution in [2.24, 2.45) is 0 Å². The number of morpholine rings is 1. The van der Waals surface area contributed by atoms with Crippen molar-refractivity contribution in [3.8, 4) is 0 Å². The monoisotopic (exact) mass is 429 g/mol. The number of benzene rings is 2. The maximum Gasteiger partial charge on any atom is 0.258 e. The molecule has 0 unspecified atom stereocenters. The zero-order chi connectivity index (χ0) is 22.2. The Balaban J connectivity index is 1.60. The van der Waals surface area contributed by atoms with Crippen LogP contribution in [-0.4, -0.2) is 54.6 Å². The van der Waals surface area contributed by atoms with Crippen molar-refractivity contribution in [1.82, 2.24) is 9.47 Å². The Morgan fingerprint density at radius 1 is 1.09 bits per heavy atom. The topological polar surface area (TPSA) is 54.8 Å². The molecule has 2 aliphatic rings. The number of carbonyl (C=O) groups excluding carboxylic acids is 2. The third-order valence-electron chi connectivity index (χ3n) is 6.45. The third kappa shape index (κ3) is 3.41. The van der Waals surface area contributed by atoms with Gasteiger partial charge in [-0.25, -0.2) is 0 Å². The number of aromatic nitrogens is 1. The maximum atomic E-state index is 13.0. The molecule has 0 bridgehead atoms. The number of para-hydroxylation sites is 2. The van der Waals surface area contributed by atoms with E-state index in [9.17, 15) is 9.59 Å². The lowest BCUT2D eigenvalue weighted by atomic mass is 10.0. The van der Waals surface area contributed by atoms with Gasteiger partial charge in [-0.05, 0) is 24.1 Å². The van der Waals surface area contributed by atoms with Crippen molar-refractivity contribution in [1.29, 1.82) is 0 Å². The number of ether oxygens (including phenoxy) is 1. The summed E-state index contributed by atoms with van der Waals surface area (Å²) >= 11 is 0. The van der Waals surface area contributed by atoms with Gasteiger partial charge in [0, 0.05) is 48.4 Å². The van der Waals surface area contributed by atoms with Gasteiger partial charge in [-0.2, -0.15) is 0 Å². The fraction of sp³-hybridized carbons (Fsp3) is 0.308. The first kappa shape index (κ1) is 20.5. The average Bonchev–Trinajstić information content (AvgIpc) is 3.30. The molecule has 1 fully saturated rings. The van der Waals surface area contributed by atoms with E-state index in [-0.39, 0.29) is 18.4 Å². The summed E-state index contributed by atoms with van der Waals surface area (Å²) < 4.78 is 7.44. The van der Waals surface area contributed by atoms with Crippen molar-refractivity contribution in [2.45, 2.75) is 19.9 Å². The van der Waals surface area contributed by atoms with Crippen molar-refractivity contribution in [2.75, 3.05) is 38.3 Å². The number of anilines is 1. The molecule has 1 saturated heterocycles. The van der Waals surface area contributed by atoms with Gasteiger partial charge < -0.3 is 19.1 Å². The molecule has 0 N–H and O–H groups in total. The molecular weight excluding hydrogens is 402 g/mol. The molecule has 0 spiro atoms. The Kier molecular flexibility index (Phi) is 5.31. The van der Waals surface area contributed by atoms with Gasteiger partial charge in [-0.1, -0.05) is 43.3 Å². The van der Waals surface area contributed by atoms with Gasteiger partial charge in [0.05, 0.1) is 24.4 Å². The van der Waals surface area contributed by atoms with Gasteiger partial charge >= 0.3 is 0 Å². The fourth-order valence-electron chi connectivity index (χ4n) is 4.74. The first-order chi connectivity index (χ1) is 15.6. The van der Waals surface area contributed by atoms with Gasteiger partial charge in [0.15, 0.2) is 0 Å². The van der Waals surface area contributed by atoms with E-state index in [0.29, 0.717) is 31.9 Å². The van der Waals surface area contributed by atoms with E-state index in [0.717, 1.165) is 34.1 Å². The van der Waals surface area contributed by atoms with Crippen molar-refractivity contribution >= 4 is 40.1 Å². The van der Waals surface area contributed by atoms with Crippen LogP contribution in [0.25, 0.3) is 22.6 Å². The molecule has 6 nitrogen and oxygen atoms in total. The summed E-state index contributed by atoms with van der Waals surface area (Å²) in [5.74, 6) is 0.0838. The van der Waals surface area contributed by atoms with Crippen LogP contribution in [0.4, 0.5) is 5.69 Å². The summed E-state index contributed by atoms with van der Waals surface area (Å²) in [6.45, 7) is 4.84. The molecule has 6 heteroatoms. The molecule has 2 aliphatic heterocycles. The van der Waals surface area contributed by atoms with Crippen LogP contribution < -0.4 is 4.90 Å².